The molecule has 0 spiro atoms. The second-order valence-corrected chi connectivity index (χ2v) is 4.39. The molecule has 0 saturated carbocycles. The normalized spacial score (nSPS) is 13.3. The zero-order chi connectivity index (χ0) is 11.1. The van der Waals surface area contributed by atoms with Crippen molar-refractivity contribution in [3.63, 3.8) is 0 Å². The van der Waals surface area contributed by atoms with Crippen molar-refractivity contribution in [1.82, 2.24) is 5.32 Å². The molecule has 1 aromatic heterocycles. The highest BCUT2D eigenvalue weighted by Gasteiger charge is 2.18. The van der Waals surface area contributed by atoms with E-state index in [1.165, 1.54) is 4.88 Å². The van der Waals surface area contributed by atoms with Crippen LogP contribution in [0.4, 0.5) is 0 Å². The van der Waals surface area contributed by atoms with Crippen LogP contribution in [0.25, 0.3) is 0 Å². The van der Waals surface area contributed by atoms with Crippen LogP contribution in [0.1, 0.15) is 11.3 Å². The van der Waals surface area contributed by atoms with E-state index in [-0.39, 0.29) is 12.3 Å². The Bertz CT molecular complexity index is 247. The Hall–Kier alpha value is -0.420. The van der Waals surface area contributed by atoms with Gasteiger partial charge in [-0.1, -0.05) is 6.07 Å². The number of rotatable bonds is 7. The molecule has 4 heteroatoms. The van der Waals surface area contributed by atoms with Crippen LogP contribution in [0.15, 0.2) is 17.5 Å². The molecule has 0 saturated heterocycles. The van der Waals surface area contributed by atoms with E-state index in [9.17, 15) is 0 Å². The van der Waals surface area contributed by atoms with E-state index in [1.807, 2.05) is 7.05 Å². The van der Waals surface area contributed by atoms with Crippen LogP contribution in [0.2, 0.25) is 0 Å². The van der Waals surface area contributed by atoms with Crippen LogP contribution < -0.4 is 5.32 Å². The zero-order valence-electron chi connectivity index (χ0n) is 9.53. The van der Waals surface area contributed by atoms with Crippen molar-refractivity contribution in [3.05, 3.63) is 22.4 Å². The molecule has 1 unspecified atom stereocenters. The number of likely N-dealkylation sites (N-methyl/N-ethyl adjacent to an activating group) is 1. The van der Waals surface area contributed by atoms with Crippen molar-refractivity contribution < 1.29 is 9.47 Å². The minimum atomic E-state index is -0.171. The fourth-order valence-corrected chi connectivity index (χ4v) is 2.32. The first-order chi connectivity index (χ1) is 7.31. The lowest BCUT2D eigenvalue weighted by molar-refractivity contribution is -0.122. The van der Waals surface area contributed by atoms with Crippen molar-refractivity contribution in [3.8, 4) is 0 Å². The van der Waals surface area contributed by atoms with Crippen LogP contribution in [-0.4, -0.2) is 33.6 Å². The van der Waals surface area contributed by atoms with Gasteiger partial charge in [-0.2, -0.15) is 0 Å². The summed E-state index contributed by atoms with van der Waals surface area (Å²) in [5, 5.41) is 5.33. The molecule has 1 heterocycles. The van der Waals surface area contributed by atoms with E-state index in [2.05, 4.69) is 22.8 Å². The maximum Gasteiger partial charge on any atom is 0.171 e. The molecule has 0 bridgehead atoms. The predicted octanol–water partition coefficient (Wildman–Crippen LogP) is 1.89. The molecule has 1 atom stereocenters. The molecule has 0 radical (unpaired) electrons. The summed E-state index contributed by atoms with van der Waals surface area (Å²) in [4.78, 5) is 1.40. The fourth-order valence-electron chi connectivity index (χ4n) is 1.59. The third-order valence-corrected chi connectivity index (χ3v) is 3.38. The summed E-state index contributed by atoms with van der Waals surface area (Å²) in [5.74, 6) is 0. The van der Waals surface area contributed by atoms with Crippen LogP contribution in [-0.2, 0) is 15.9 Å². The van der Waals surface area contributed by atoms with E-state index in [1.54, 1.807) is 25.6 Å². The number of methoxy groups -OCH3 is 2. The van der Waals surface area contributed by atoms with Gasteiger partial charge in [0.05, 0.1) is 6.04 Å². The van der Waals surface area contributed by atoms with Gasteiger partial charge >= 0.3 is 0 Å². The highest BCUT2D eigenvalue weighted by atomic mass is 32.1. The van der Waals surface area contributed by atoms with Crippen molar-refractivity contribution in [1.29, 1.82) is 0 Å². The van der Waals surface area contributed by atoms with Crippen molar-refractivity contribution >= 4 is 11.3 Å². The van der Waals surface area contributed by atoms with Gasteiger partial charge in [-0.15, -0.1) is 11.3 Å². The average molecular weight is 229 g/mol. The molecule has 0 aromatic carbocycles. The van der Waals surface area contributed by atoms with Crippen LogP contribution in [0, 0.1) is 0 Å². The summed E-state index contributed by atoms with van der Waals surface area (Å²) in [7, 11) is 5.28. The Morgan fingerprint density at radius 2 is 2.13 bits per heavy atom. The number of thiophene rings is 1. The number of hydrogen-bond donors (Lipinski definition) is 1. The Morgan fingerprint density at radius 1 is 1.40 bits per heavy atom. The van der Waals surface area contributed by atoms with Gasteiger partial charge < -0.3 is 14.8 Å². The number of aryl methyl sites for hydroxylation is 1. The van der Waals surface area contributed by atoms with E-state index in [0.29, 0.717) is 0 Å². The molecular formula is C11H19NO2S. The second-order valence-electron chi connectivity index (χ2n) is 3.35. The third kappa shape index (κ3) is 3.91. The van der Waals surface area contributed by atoms with Crippen LogP contribution in [0.3, 0.4) is 0 Å². The maximum absolute atomic E-state index is 5.24. The summed E-state index contributed by atoms with van der Waals surface area (Å²) in [5.41, 5.74) is 0. The minimum Gasteiger partial charge on any atom is -0.354 e. The van der Waals surface area contributed by atoms with Gasteiger partial charge in [0.2, 0.25) is 0 Å². The van der Waals surface area contributed by atoms with E-state index in [0.717, 1.165) is 12.8 Å². The monoisotopic (exact) mass is 229 g/mol. The first-order valence-electron chi connectivity index (χ1n) is 5.07. The Balaban J connectivity index is 2.39. The lowest BCUT2D eigenvalue weighted by Gasteiger charge is -2.23. The van der Waals surface area contributed by atoms with Gasteiger partial charge in [0.15, 0.2) is 6.29 Å². The van der Waals surface area contributed by atoms with Crippen molar-refractivity contribution in [2.45, 2.75) is 25.2 Å². The van der Waals surface area contributed by atoms with Crippen LogP contribution >= 0.6 is 11.3 Å². The molecule has 15 heavy (non-hydrogen) atoms. The maximum atomic E-state index is 5.24. The first-order valence-corrected chi connectivity index (χ1v) is 5.95. The molecule has 0 fully saturated rings. The molecule has 0 aliphatic carbocycles. The zero-order valence-corrected chi connectivity index (χ0v) is 10.3. The first kappa shape index (κ1) is 12.6. The minimum absolute atomic E-state index is 0.171. The highest BCUT2D eigenvalue weighted by Crippen LogP contribution is 2.14. The smallest absolute Gasteiger partial charge is 0.171 e. The molecule has 1 N–H and O–H groups in total. The SMILES string of the molecule is CNC(CCc1cccs1)C(OC)OC. The summed E-state index contributed by atoms with van der Waals surface area (Å²) in [6, 6.07) is 4.48. The topological polar surface area (TPSA) is 30.5 Å². The summed E-state index contributed by atoms with van der Waals surface area (Å²) in [6.07, 6.45) is 1.91. The quantitative estimate of drug-likeness (QED) is 0.724. The molecule has 3 nitrogen and oxygen atoms in total. The van der Waals surface area contributed by atoms with Crippen LogP contribution in [0.5, 0.6) is 0 Å². The van der Waals surface area contributed by atoms with Gasteiger partial charge in [0.1, 0.15) is 0 Å². The second kappa shape index (κ2) is 6.95. The molecule has 0 aliphatic rings. The number of nitrogens with one attached hydrogen (secondary N) is 1. The molecule has 86 valence electrons. The molecule has 1 rings (SSSR count). The molecule has 0 amide bonds. The van der Waals surface area contributed by atoms with Gasteiger partial charge in [-0.3, -0.25) is 0 Å². The van der Waals surface area contributed by atoms with Gasteiger partial charge in [0, 0.05) is 19.1 Å². The summed E-state index contributed by atoms with van der Waals surface area (Å²) < 4.78 is 10.5. The summed E-state index contributed by atoms with van der Waals surface area (Å²) >= 11 is 1.79. The predicted molar refractivity (Wildman–Crippen MR) is 63.3 cm³/mol. The third-order valence-electron chi connectivity index (χ3n) is 2.45. The van der Waals surface area contributed by atoms with Crippen molar-refractivity contribution in [2.24, 2.45) is 0 Å². The lowest BCUT2D eigenvalue weighted by Crippen LogP contribution is -2.40. The Labute approximate surface area is 95.4 Å². The number of hydrogen-bond acceptors (Lipinski definition) is 4. The fraction of sp³-hybridized carbons (Fsp3) is 0.636. The van der Waals surface area contributed by atoms with Crippen molar-refractivity contribution in [2.75, 3.05) is 21.3 Å². The van der Waals surface area contributed by atoms with E-state index >= 15 is 0 Å². The largest absolute Gasteiger partial charge is 0.354 e. The number of ether oxygens (including phenoxy) is 2. The lowest BCUT2D eigenvalue weighted by atomic mass is 10.1. The van der Waals surface area contributed by atoms with Gasteiger partial charge in [-0.25, -0.2) is 0 Å². The van der Waals surface area contributed by atoms with E-state index in [4.69, 9.17) is 9.47 Å². The summed E-state index contributed by atoms with van der Waals surface area (Å²) in [6.45, 7) is 0. The molecule has 1 aromatic rings. The highest BCUT2D eigenvalue weighted by molar-refractivity contribution is 7.09. The molecular weight excluding hydrogens is 210 g/mol. The van der Waals surface area contributed by atoms with Gasteiger partial charge in [0.25, 0.3) is 0 Å². The Kier molecular flexibility index (Phi) is 5.86. The van der Waals surface area contributed by atoms with Gasteiger partial charge in [-0.05, 0) is 31.3 Å². The van der Waals surface area contributed by atoms with E-state index < -0.39 is 0 Å². The standard InChI is InChI=1S/C11H19NO2S/c1-12-10(11(13-2)14-3)7-6-9-5-4-8-15-9/h4-5,8,10-12H,6-7H2,1-3H3. The molecule has 0 aliphatic heterocycles. The average Bonchev–Trinajstić information content (AvgIpc) is 2.77. The Morgan fingerprint density at radius 3 is 2.60 bits per heavy atom.